The summed E-state index contributed by atoms with van der Waals surface area (Å²) in [6.45, 7) is 0.712. The van der Waals surface area contributed by atoms with Gasteiger partial charge in [0.2, 0.25) is 0 Å². The van der Waals surface area contributed by atoms with Crippen molar-refractivity contribution >= 4 is 49.9 Å². The summed E-state index contributed by atoms with van der Waals surface area (Å²) in [5, 5.41) is 9.17. The lowest BCUT2D eigenvalue weighted by Gasteiger charge is -2.05. The molecule has 0 amide bonds. The van der Waals surface area contributed by atoms with Gasteiger partial charge >= 0.3 is 0 Å². The Morgan fingerprint density at radius 3 is 2.85 bits per heavy atom. The van der Waals surface area contributed by atoms with Crippen molar-refractivity contribution in [2.24, 2.45) is 0 Å². The maximum absolute atomic E-state index is 9.17. The number of halogens is 2. The molecular weight excluding hydrogens is 358 g/mol. The first-order chi connectivity index (χ1) is 9.72. The highest BCUT2D eigenvalue weighted by Gasteiger charge is 2.13. The van der Waals surface area contributed by atoms with Crippen LogP contribution in [0.3, 0.4) is 0 Å². The molecule has 0 aliphatic heterocycles. The highest BCUT2D eigenvalue weighted by atomic mass is 79.9. The minimum absolute atomic E-state index is 0.325. The van der Waals surface area contributed by atoms with Gasteiger partial charge in [-0.25, -0.2) is 4.98 Å². The van der Waals surface area contributed by atoms with E-state index < -0.39 is 0 Å². The molecule has 0 aliphatic rings. The molecule has 0 atom stereocenters. The molecule has 0 radical (unpaired) electrons. The van der Waals surface area contributed by atoms with Crippen molar-refractivity contribution in [1.82, 2.24) is 9.55 Å². The zero-order chi connectivity index (χ0) is 14.1. The predicted octanol–water partition coefficient (Wildman–Crippen LogP) is 4.52. The van der Waals surface area contributed by atoms with Crippen molar-refractivity contribution in [1.29, 1.82) is 5.26 Å². The Labute approximate surface area is 133 Å². The minimum Gasteiger partial charge on any atom is -0.322 e. The molecule has 3 rings (SSSR count). The topological polar surface area (TPSA) is 41.6 Å². The molecule has 20 heavy (non-hydrogen) atoms. The van der Waals surface area contributed by atoms with Crippen LogP contribution in [0.2, 0.25) is 0 Å². The van der Waals surface area contributed by atoms with Crippen molar-refractivity contribution < 1.29 is 0 Å². The van der Waals surface area contributed by atoms with Crippen molar-refractivity contribution in [3.8, 4) is 6.07 Å². The van der Waals surface area contributed by atoms with E-state index in [0.717, 1.165) is 20.6 Å². The van der Waals surface area contributed by atoms with Gasteiger partial charge in [0.05, 0.1) is 27.3 Å². The fraction of sp³-hybridized carbons (Fsp3) is 0.143. The fourth-order valence-electron chi connectivity index (χ4n) is 2.16. The lowest BCUT2D eigenvalue weighted by Crippen LogP contribution is -2.02. The van der Waals surface area contributed by atoms with E-state index in [1.54, 1.807) is 17.4 Å². The van der Waals surface area contributed by atoms with Crippen LogP contribution in [0.5, 0.6) is 0 Å². The third kappa shape index (κ3) is 2.35. The molecule has 100 valence electrons. The lowest BCUT2D eigenvalue weighted by molar-refractivity contribution is 0.789. The number of para-hydroxylation sites is 1. The van der Waals surface area contributed by atoms with Gasteiger partial charge in [-0.15, -0.1) is 22.9 Å². The first-order valence-corrected chi connectivity index (χ1v) is 8.05. The molecule has 2 heterocycles. The van der Waals surface area contributed by atoms with E-state index in [-0.39, 0.29) is 0 Å². The second kappa shape index (κ2) is 5.57. The van der Waals surface area contributed by atoms with Gasteiger partial charge < -0.3 is 4.57 Å². The van der Waals surface area contributed by atoms with E-state index in [1.165, 1.54) is 4.88 Å². The fourth-order valence-corrected chi connectivity index (χ4v) is 3.83. The molecule has 0 spiro atoms. The molecular formula is C14H9BrClN3S. The van der Waals surface area contributed by atoms with Gasteiger partial charge in [-0.3, -0.25) is 0 Å². The first-order valence-electron chi connectivity index (χ1n) is 5.91. The van der Waals surface area contributed by atoms with Crippen LogP contribution in [0.15, 0.2) is 34.1 Å². The van der Waals surface area contributed by atoms with Crippen LogP contribution in [0.1, 0.15) is 16.3 Å². The van der Waals surface area contributed by atoms with Crippen LogP contribution in [-0.2, 0) is 12.4 Å². The predicted molar refractivity (Wildman–Crippen MR) is 85.1 cm³/mol. The Balaban J connectivity index is 2.16. The summed E-state index contributed by atoms with van der Waals surface area (Å²) in [4.78, 5) is 5.72. The summed E-state index contributed by atoms with van der Waals surface area (Å²) in [5.74, 6) is 1.11. The number of rotatable bonds is 3. The summed E-state index contributed by atoms with van der Waals surface area (Å²) >= 11 is 11.2. The third-order valence-electron chi connectivity index (χ3n) is 3.04. The van der Waals surface area contributed by atoms with Crippen molar-refractivity contribution in [2.45, 2.75) is 12.4 Å². The van der Waals surface area contributed by atoms with Crippen LogP contribution < -0.4 is 0 Å². The molecule has 0 saturated heterocycles. The molecule has 0 N–H and O–H groups in total. The van der Waals surface area contributed by atoms with E-state index >= 15 is 0 Å². The number of hydrogen-bond acceptors (Lipinski definition) is 3. The molecule has 3 aromatic rings. The maximum atomic E-state index is 9.17. The third-order valence-corrected chi connectivity index (χ3v) is 4.89. The summed E-state index contributed by atoms with van der Waals surface area (Å²) in [6.07, 6.45) is 0. The van der Waals surface area contributed by atoms with E-state index in [2.05, 4.69) is 37.6 Å². The Kier molecular flexibility index (Phi) is 3.79. The number of thiophene rings is 1. The maximum Gasteiger partial charge on any atom is 0.125 e. The number of fused-ring (bicyclic) bond motifs is 1. The molecule has 0 bridgehead atoms. The average molecular weight is 367 g/mol. The molecule has 0 unspecified atom stereocenters. The molecule has 1 aromatic carbocycles. The monoisotopic (exact) mass is 365 g/mol. The van der Waals surface area contributed by atoms with Gasteiger partial charge in [-0.1, -0.05) is 6.07 Å². The van der Waals surface area contributed by atoms with Gasteiger partial charge in [-0.2, -0.15) is 5.26 Å². The standard InChI is InChI=1S/C14H9BrClN3S/c15-12-5-4-10(20-12)8-19-11-3-1-2-9(7-17)14(11)18-13(19)6-16/h1-5H,6,8H2. The van der Waals surface area contributed by atoms with Gasteiger partial charge in [0.25, 0.3) is 0 Å². The van der Waals surface area contributed by atoms with Crippen LogP contribution >= 0.6 is 38.9 Å². The zero-order valence-corrected chi connectivity index (χ0v) is 13.5. The number of nitriles is 1. The van der Waals surface area contributed by atoms with Gasteiger partial charge in [0, 0.05) is 4.88 Å². The second-order valence-electron chi connectivity index (χ2n) is 4.24. The Hall–Kier alpha value is -1.35. The highest BCUT2D eigenvalue weighted by Crippen LogP contribution is 2.26. The van der Waals surface area contributed by atoms with Gasteiger partial charge in [0.1, 0.15) is 17.4 Å². The highest BCUT2D eigenvalue weighted by molar-refractivity contribution is 9.11. The van der Waals surface area contributed by atoms with E-state index in [1.807, 2.05) is 18.2 Å². The Morgan fingerprint density at radius 1 is 1.35 bits per heavy atom. The molecule has 2 aromatic heterocycles. The van der Waals surface area contributed by atoms with E-state index in [4.69, 9.17) is 16.9 Å². The van der Waals surface area contributed by atoms with E-state index in [0.29, 0.717) is 18.0 Å². The van der Waals surface area contributed by atoms with E-state index in [9.17, 15) is 0 Å². The van der Waals surface area contributed by atoms with Gasteiger partial charge in [0.15, 0.2) is 0 Å². The number of benzene rings is 1. The summed E-state index contributed by atoms with van der Waals surface area (Å²) in [6, 6.07) is 11.9. The van der Waals surface area contributed by atoms with Crippen molar-refractivity contribution in [3.63, 3.8) is 0 Å². The number of hydrogen-bond donors (Lipinski definition) is 0. The SMILES string of the molecule is N#Cc1cccc2c1nc(CCl)n2Cc1ccc(Br)s1. The molecule has 3 nitrogen and oxygen atoms in total. The average Bonchev–Trinajstić information content (AvgIpc) is 3.03. The number of aromatic nitrogens is 2. The first kappa shape index (κ1) is 13.6. The number of imidazole rings is 1. The van der Waals surface area contributed by atoms with Crippen LogP contribution in [0.4, 0.5) is 0 Å². The zero-order valence-electron chi connectivity index (χ0n) is 10.3. The second-order valence-corrected chi connectivity index (χ2v) is 7.05. The normalized spacial score (nSPS) is 10.8. The molecule has 6 heteroatoms. The van der Waals surface area contributed by atoms with Gasteiger partial charge in [-0.05, 0) is 40.2 Å². The molecule has 0 saturated carbocycles. The summed E-state index contributed by atoms with van der Waals surface area (Å²) in [5.41, 5.74) is 2.26. The smallest absolute Gasteiger partial charge is 0.125 e. The quantitative estimate of drug-likeness (QED) is 0.640. The number of nitrogens with zero attached hydrogens (tertiary/aromatic N) is 3. The van der Waals surface area contributed by atoms with Crippen LogP contribution in [-0.4, -0.2) is 9.55 Å². The van der Waals surface area contributed by atoms with Crippen LogP contribution in [0, 0.1) is 11.3 Å². The van der Waals surface area contributed by atoms with Crippen molar-refractivity contribution in [3.05, 3.63) is 50.4 Å². The molecule has 0 fully saturated rings. The summed E-state index contributed by atoms with van der Waals surface area (Å²) < 4.78 is 3.17. The largest absolute Gasteiger partial charge is 0.322 e. The Bertz CT molecular complexity index is 816. The lowest BCUT2D eigenvalue weighted by atomic mass is 10.2. The Morgan fingerprint density at radius 2 is 2.20 bits per heavy atom. The van der Waals surface area contributed by atoms with Crippen LogP contribution in [0.25, 0.3) is 11.0 Å². The summed E-state index contributed by atoms with van der Waals surface area (Å²) in [7, 11) is 0. The molecule has 0 aliphatic carbocycles. The van der Waals surface area contributed by atoms with Crippen molar-refractivity contribution in [2.75, 3.05) is 0 Å². The minimum atomic E-state index is 0.325. The number of alkyl halides is 1.